The van der Waals surface area contributed by atoms with Crippen LogP contribution in [0, 0.1) is 0 Å². The molecular weight excluding hydrogens is 706 g/mol. The number of anilines is 1. The zero-order valence-corrected chi connectivity index (χ0v) is 31.1. The lowest BCUT2D eigenvalue weighted by Gasteiger charge is -2.26. The summed E-state index contributed by atoms with van der Waals surface area (Å²) in [4.78, 5) is 56.5. The number of aryl methyl sites for hydroxylation is 1. The number of benzene rings is 2. The average Bonchev–Trinajstić information content (AvgIpc) is 3.93. The van der Waals surface area contributed by atoms with Gasteiger partial charge in [0, 0.05) is 39.4 Å². The van der Waals surface area contributed by atoms with Gasteiger partial charge in [-0.25, -0.2) is 15.0 Å². The lowest BCUT2D eigenvalue weighted by molar-refractivity contribution is -0.165. The van der Waals surface area contributed by atoms with Crippen molar-refractivity contribution in [3.05, 3.63) is 89.8 Å². The van der Waals surface area contributed by atoms with Crippen LogP contribution in [0.5, 0.6) is 0 Å². The van der Waals surface area contributed by atoms with Crippen molar-refractivity contribution in [2.75, 3.05) is 38.0 Å². The van der Waals surface area contributed by atoms with Gasteiger partial charge in [0.15, 0.2) is 41.5 Å². The molecular formula is C38H45N11O6. The smallest absolute Gasteiger partial charge is 0.303 e. The summed E-state index contributed by atoms with van der Waals surface area (Å²) in [6.07, 6.45) is 0.461. The summed E-state index contributed by atoms with van der Waals surface area (Å²) in [7, 11) is 0. The molecule has 0 aliphatic carbocycles. The Bertz CT molecular complexity index is 2050. The second-order valence-corrected chi connectivity index (χ2v) is 13.6. The van der Waals surface area contributed by atoms with Gasteiger partial charge < -0.3 is 29.7 Å². The number of esters is 2. The second kappa shape index (κ2) is 17.1. The van der Waals surface area contributed by atoms with Crippen LogP contribution in [0.15, 0.2) is 67.0 Å². The molecule has 2 N–H and O–H groups in total. The Labute approximate surface area is 317 Å². The Kier molecular flexibility index (Phi) is 11.7. The molecule has 17 heteroatoms. The minimum Gasteiger partial charge on any atom is -0.455 e. The standard InChI is InChI=1S/C38H45N11O6/c1-4-49-45-34(44-46-49)31-30(53-24(2)50)32(54-25(3)51)38(55-31)48-23-41-29-33(40-22-28(26-14-8-5-9-15-26)27-16-10-6-11-17-27)42-35(43-36(29)48)37(52)39-18-21-47-19-12-7-13-20-47/h5-6,8-11,14-17,23,28,30-32,38H,4,7,12-13,18-22H2,1-3H3,(H,39,52)(H,40,42,43). The molecule has 3 aromatic heterocycles. The number of hydrogen-bond acceptors (Lipinski definition) is 14. The van der Waals surface area contributed by atoms with Gasteiger partial charge >= 0.3 is 11.9 Å². The quantitative estimate of drug-likeness (QED) is 0.157. The van der Waals surface area contributed by atoms with Crippen LogP contribution in [0.3, 0.4) is 0 Å². The van der Waals surface area contributed by atoms with E-state index in [2.05, 4.69) is 60.2 Å². The maximum atomic E-state index is 13.8. The molecule has 55 heavy (non-hydrogen) atoms. The molecule has 2 aliphatic heterocycles. The molecule has 1 amide bonds. The number of carbonyl (C=O) groups excluding carboxylic acids is 3. The third kappa shape index (κ3) is 8.62. The molecule has 4 unspecified atom stereocenters. The molecule has 5 heterocycles. The molecule has 2 aliphatic rings. The number of ether oxygens (including phenoxy) is 3. The topological polar surface area (TPSA) is 193 Å². The van der Waals surface area contributed by atoms with Gasteiger partial charge in [0.2, 0.25) is 11.6 Å². The summed E-state index contributed by atoms with van der Waals surface area (Å²) < 4.78 is 19.5. The van der Waals surface area contributed by atoms with Crippen LogP contribution in [0.2, 0.25) is 0 Å². The van der Waals surface area contributed by atoms with E-state index >= 15 is 0 Å². The lowest BCUT2D eigenvalue weighted by Crippen LogP contribution is -2.38. The van der Waals surface area contributed by atoms with Gasteiger partial charge in [-0.3, -0.25) is 19.0 Å². The normalized spacial score (nSPS) is 20.1. The monoisotopic (exact) mass is 751 g/mol. The summed E-state index contributed by atoms with van der Waals surface area (Å²) in [6, 6.07) is 20.2. The largest absolute Gasteiger partial charge is 0.455 e. The number of amides is 1. The van der Waals surface area contributed by atoms with Gasteiger partial charge in [0.1, 0.15) is 0 Å². The molecule has 5 aromatic rings. The Morgan fingerprint density at radius 3 is 2.22 bits per heavy atom. The molecule has 4 atom stereocenters. The third-order valence-electron chi connectivity index (χ3n) is 9.74. The van der Waals surface area contributed by atoms with E-state index in [1.807, 2.05) is 43.3 Å². The maximum Gasteiger partial charge on any atom is 0.303 e. The summed E-state index contributed by atoms with van der Waals surface area (Å²) in [5.41, 5.74) is 2.75. The Morgan fingerprint density at radius 2 is 1.58 bits per heavy atom. The van der Waals surface area contributed by atoms with Crippen LogP contribution in [0.4, 0.5) is 5.82 Å². The van der Waals surface area contributed by atoms with Crippen LogP contribution >= 0.6 is 0 Å². The van der Waals surface area contributed by atoms with Crippen LogP contribution in [0.1, 0.15) is 85.9 Å². The number of piperidine rings is 1. The number of nitrogens with zero attached hydrogens (tertiary/aromatic N) is 9. The SMILES string of the molecule is CCn1nnc(C2OC(n3cnc4c(NCC(c5ccccc5)c5ccccc5)nc(C(=O)NCCN5CCCCC5)nc43)C(OC(C)=O)C2OC(C)=O)n1. The minimum absolute atomic E-state index is 0.0721. The highest BCUT2D eigenvalue weighted by Gasteiger charge is 2.53. The predicted molar refractivity (Wildman–Crippen MR) is 199 cm³/mol. The fourth-order valence-corrected chi connectivity index (χ4v) is 7.13. The Balaban J connectivity index is 1.26. The highest BCUT2D eigenvalue weighted by molar-refractivity contribution is 5.94. The first-order valence-electron chi connectivity index (χ1n) is 18.7. The first kappa shape index (κ1) is 37.5. The second-order valence-electron chi connectivity index (χ2n) is 13.6. The van der Waals surface area contributed by atoms with E-state index in [4.69, 9.17) is 24.2 Å². The zero-order valence-electron chi connectivity index (χ0n) is 31.1. The molecule has 0 radical (unpaired) electrons. The molecule has 17 nitrogen and oxygen atoms in total. The third-order valence-corrected chi connectivity index (χ3v) is 9.74. The van der Waals surface area contributed by atoms with E-state index < -0.39 is 42.4 Å². The van der Waals surface area contributed by atoms with Gasteiger partial charge in [-0.05, 0) is 49.2 Å². The van der Waals surface area contributed by atoms with Crippen molar-refractivity contribution < 1.29 is 28.6 Å². The molecule has 0 spiro atoms. The number of tetrazole rings is 1. The number of fused-ring (bicyclic) bond motifs is 1. The van der Waals surface area contributed by atoms with Crippen molar-refractivity contribution in [2.24, 2.45) is 0 Å². The van der Waals surface area contributed by atoms with Gasteiger partial charge in [0.25, 0.3) is 5.91 Å². The van der Waals surface area contributed by atoms with E-state index in [1.54, 1.807) is 4.57 Å². The summed E-state index contributed by atoms with van der Waals surface area (Å²) in [6.45, 7) is 8.32. The molecule has 2 aromatic carbocycles. The highest BCUT2D eigenvalue weighted by Crippen LogP contribution is 2.42. The molecule has 0 bridgehead atoms. The zero-order chi connectivity index (χ0) is 38.3. The van der Waals surface area contributed by atoms with E-state index in [9.17, 15) is 14.4 Å². The lowest BCUT2D eigenvalue weighted by atomic mass is 9.91. The maximum absolute atomic E-state index is 13.8. The van der Waals surface area contributed by atoms with Crippen molar-refractivity contribution in [3.8, 4) is 0 Å². The van der Waals surface area contributed by atoms with Crippen molar-refractivity contribution in [1.29, 1.82) is 0 Å². The van der Waals surface area contributed by atoms with Crippen molar-refractivity contribution in [2.45, 2.75) is 77.0 Å². The van der Waals surface area contributed by atoms with E-state index in [0.717, 1.165) is 37.1 Å². The number of rotatable bonds is 14. The van der Waals surface area contributed by atoms with Gasteiger partial charge in [-0.15, -0.1) is 10.2 Å². The van der Waals surface area contributed by atoms with Gasteiger partial charge in [0.05, 0.1) is 12.9 Å². The Hall–Kier alpha value is -5.81. The van der Waals surface area contributed by atoms with E-state index in [-0.39, 0.29) is 23.2 Å². The van der Waals surface area contributed by atoms with Crippen LogP contribution in [-0.2, 0) is 30.3 Å². The first-order chi connectivity index (χ1) is 26.8. The highest BCUT2D eigenvalue weighted by atomic mass is 16.6. The van der Waals surface area contributed by atoms with Crippen molar-refractivity contribution >= 4 is 34.8 Å². The number of likely N-dealkylation sites (tertiary alicyclic amines) is 1. The van der Waals surface area contributed by atoms with Crippen LogP contribution in [0.25, 0.3) is 11.2 Å². The molecule has 0 saturated carbocycles. The number of aromatic nitrogens is 8. The van der Waals surface area contributed by atoms with E-state index in [0.29, 0.717) is 37.5 Å². The van der Waals surface area contributed by atoms with Crippen molar-refractivity contribution in [3.63, 3.8) is 0 Å². The number of carbonyl (C=O) groups is 3. The molecule has 7 rings (SSSR count). The van der Waals surface area contributed by atoms with Crippen molar-refractivity contribution in [1.82, 2.24) is 49.9 Å². The average molecular weight is 752 g/mol. The number of hydrogen-bond donors (Lipinski definition) is 2. The van der Waals surface area contributed by atoms with E-state index in [1.165, 1.54) is 31.4 Å². The number of imidazole rings is 1. The summed E-state index contributed by atoms with van der Waals surface area (Å²) in [5.74, 6) is -1.42. The number of nitrogens with one attached hydrogen (secondary N) is 2. The Morgan fingerprint density at radius 1 is 0.909 bits per heavy atom. The summed E-state index contributed by atoms with van der Waals surface area (Å²) >= 11 is 0. The molecule has 288 valence electrons. The van der Waals surface area contributed by atoms with Gasteiger partial charge in [-0.1, -0.05) is 67.1 Å². The van der Waals surface area contributed by atoms with Crippen LogP contribution < -0.4 is 10.6 Å². The van der Waals surface area contributed by atoms with Gasteiger partial charge in [-0.2, -0.15) is 4.80 Å². The van der Waals surface area contributed by atoms with Crippen LogP contribution in [-0.4, -0.2) is 107 Å². The summed E-state index contributed by atoms with van der Waals surface area (Å²) in [5, 5.41) is 19.0. The fraction of sp³-hybridized carbons (Fsp3) is 0.447. The first-order valence-corrected chi connectivity index (χ1v) is 18.7. The molecule has 2 fully saturated rings. The predicted octanol–water partition coefficient (Wildman–Crippen LogP) is 3.43. The minimum atomic E-state index is -1.17. The fourth-order valence-electron chi connectivity index (χ4n) is 7.13. The molecule has 2 saturated heterocycles.